The zero-order chi connectivity index (χ0) is 22.3. The smallest absolute Gasteiger partial charge is 0.369 e. The number of halogens is 5. The van der Waals surface area contributed by atoms with Gasteiger partial charge in [-0.15, -0.1) is 0 Å². The summed E-state index contributed by atoms with van der Waals surface area (Å²) in [5.41, 5.74) is 3.55. The first kappa shape index (κ1) is 22.2. The van der Waals surface area contributed by atoms with Gasteiger partial charge in [0.15, 0.2) is 0 Å². The summed E-state index contributed by atoms with van der Waals surface area (Å²) in [7, 11) is 0. The number of primary amides is 1. The van der Waals surface area contributed by atoms with Gasteiger partial charge >= 0.3 is 6.18 Å². The van der Waals surface area contributed by atoms with E-state index in [1.165, 1.54) is 11.8 Å². The molecule has 166 valence electrons. The average molecular weight is 434 g/mol. The van der Waals surface area contributed by atoms with Crippen LogP contribution in [0, 0.1) is 12.8 Å². The molecule has 3 rings (SSSR count). The number of alkyl halides is 5. The number of amides is 2. The number of hydrogen-bond acceptors (Lipinski definition) is 4. The Hall–Kier alpha value is -2.46. The lowest BCUT2D eigenvalue weighted by atomic mass is 9.79. The summed E-state index contributed by atoms with van der Waals surface area (Å²) < 4.78 is 67.6. The Kier molecular flexibility index (Phi) is 5.92. The van der Waals surface area contributed by atoms with E-state index >= 15 is 0 Å². The van der Waals surface area contributed by atoms with E-state index < -0.39 is 41.9 Å². The predicted molar refractivity (Wildman–Crippen MR) is 98.2 cm³/mol. The van der Waals surface area contributed by atoms with E-state index in [-0.39, 0.29) is 48.8 Å². The maximum Gasteiger partial charge on any atom is 0.418 e. The summed E-state index contributed by atoms with van der Waals surface area (Å²) in [5.74, 6) is -4.56. The summed E-state index contributed by atoms with van der Waals surface area (Å²) in [6.07, 6.45) is -4.16. The van der Waals surface area contributed by atoms with Crippen molar-refractivity contribution in [3.8, 4) is 0 Å². The van der Waals surface area contributed by atoms with Crippen molar-refractivity contribution in [2.24, 2.45) is 11.7 Å². The fraction of sp³-hybridized carbons (Fsp3) is 0.632. The molecule has 0 bridgehead atoms. The molecule has 0 aromatic carbocycles. The maximum atomic E-state index is 13.7. The van der Waals surface area contributed by atoms with E-state index in [0.29, 0.717) is 19.0 Å². The van der Waals surface area contributed by atoms with Crippen LogP contribution in [0.5, 0.6) is 0 Å². The molecule has 1 aromatic heterocycles. The summed E-state index contributed by atoms with van der Waals surface area (Å²) >= 11 is 0. The quantitative estimate of drug-likeness (QED) is 0.713. The van der Waals surface area contributed by atoms with Crippen LogP contribution in [0.15, 0.2) is 6.20 Å². The zero-order valence-electron chi connectivity index (χ0n) is 16.4. The fourth-order valence-electron chi connectivity index (χ4n) is 3.89. The molecule has 6 nitrogen and oxygen atoms in total. The van der Waals surface area contributed by atoms with Gasteiger partial charge < -0.3 is 16.0 Å². The number of carbonyl (C=O) groups is 2. The lowest BCUT2D eigenvalue weighted by Gasteiger charge is -2.34. The van der Waals surface area contributed by atoms with Gasteiger partial charge in [-0.05, 0) is 31.7 Å². The van der Waals surface area contributed by atoms with Crippen molar-refractivity contribution in [2.75, 3.05) is 18.0 Å². The fourth-order valence-corrected chi connectivity index (χ4v) is 3.89. The lowest BCUT2D eigenvalue weighted by Crippen LogP contribution is -2.48. The number of hydrogen-bond donors (Lipinski definition) is 2. The molecule has 2 fully saturated rings. The van der Waals surface area contributed by atoms with Gasteiger partial charge in [0.1, 0.15) is 5.82 Å². The van der Waals surface area contributed by atoms with Crippen molar-refractivity contribution in [1.82, 2.24) is 10.3 Å². The summed E-state index contributed by atoms with van der Waals surface area (Å²) in [6.45, 7) is 1.20. The number of nitrogens with zero attached hydrogens (tertiary/aromatic N) is 2. The minimum Gasteiger partial charge on any atom is -0.369 e. The maximum absolute atomic E-state index is 13.7. The first-order valence-electron chi connectivity index (χ1n) is 9.69. The van der Waals surface area contributed by atoms with Gasteiger partial charge in [-0.25, -0.2) is 13.8 Å². The van der Waals surface area contributed by atoms with Crippen LogP contribution in [0.1, 0.15) is 53.6 Å². The molecule has 0 spiro atoms. The number of nitrogens with one attached hydrogen (secondary N) is 1. The Balaban J connectivity index is 1.92. The number of carbonyl (C=O) groups excluding carboxylic acids is 2. The number of aromatic nitrogens is 1. The molecule has 30 heavy (non-hydrogen) atoms. The number of nitrogens with two attached hydrogens (primary N) is 1. The first-order chi connectivity index (χ1) is 13.9. The van der Waals surface area contributed by atoms with Crippen LogP contribution in [0.2, 0.25) is 0 Å². The third kappa shape index (κ3) is 4.65. The van der Waals surface area contributed by atoms with Crippen LogP contribution in [-0.2, 0) is 11.0 Å². The highest BCUT2D eigenvalue weighted by Gasteiger charge is 2.39. The third-order valence-corrected chi connectivity index (χ3v) is 5.74. The number of rotatable bonds is 4. The second-order valence-electron chi connectivity index (χ2n) is 7.93. The topological polar surface area (TPSA) is 88.3 Å². The molecule has 11 heteroatoms. The lowest BCUT2D eigenvalue weighted by molar-refractivity contribution is -0.138. The molecule has 1 saturated carbocycles. The SMILES string of the molecule is Cc1c(C(F)(F)F)cnc(N2CCCC(F)(F)CC2)c1C(=O)N[C@H]1C[C@@H](C(N)=O)C1. The van der Waals surface area contributed by atoms with Crippen molar-refractivity contribution in [1.29, 1.82) is 0 Å². The normalized spacial score (nSPS) is 24.0. The van der Waals surface area contributed by atoms with Crippen LogP contribution in [-0.4, -0.2) is 41.9 Å². The molecule has 3 N–H and O–H groups in total. The van der Waals surface area contributed by atoms with Crippen molar-refractivity contribution >= 4 is 17.6 Å². The van der Waals surface area contributed by atoms with Crippen molar-refractivity contribution in [3.05, 3.63) is 22.9 Å². The first-order valence-corrected chi connectivity index (χ1v) is 9.69. The van der Waals surface area contributed by atoms with E-state index in [9.17, 15) is 31.5 Å². The highest BCUT2D eigenvalue weighted by atomic mass is 19.4. The van der Waals surface area contributed by atoms with E-state index in [0.717, 1.165) is 0 Å². The molecule has 1 saturated heterocycles. The van der Waals surface area contributed by atoms with Gasteiger partial charge in [0.05, 0.1) is 11.1 Å². The largest absolute Gasteiger partial charge is 0.418 e. The van der Waals surface area contributed by atoms with Gasteiger partial charge in [-0.3, -0.25) is 9.59 Å². The standard InChI is InChI=1S/C19H23F5N4O2/c1-10-13(19(22,23)24)9-26-16(28-5-2-3-18(20,21)4-6-28)14(10)17(30)27-12-7-11(8-12)15(25)29/h9,11-12H,2-8H2,1H3,(H2,25,29)(H,27,30)/t11-,12+. The van der Waals surface area contributed by atoms with E-state index in [1.54, 1.807) is 0 Å². The molecule has 1 aliphatic carbocycles. The van der Waals surface area contributed by atoms with Gasteiger partial charge in [0, 0.05) is 44.1 Å². The zero-order valence-corrected chi connectivity index (χ0v) is 16.4. The third-order valence-electron chi connectivity index (χ3n) is 5.74. The molecule has 2 amide bonds. The van der Waals surface area contributed by atoms with E-state index in [4.69, 9.17) is 5.73 Å². The Bertz CT molecular complexity index is 837. The van der Waals surface area contributed by atoms with E-state index in [1.807, 2.05) is 0 Å². The highest BCUT2D eigenvalue weighted by molar-refractivity contribution is 6.01. The Morgan fingerprint density at radius 3 is 2.50 bits per heavy atom. The molecule has 0 radical (unpaired) electrons. The highest BCUT2D eigenvalue weighted by Crippen LogP contribution is 2.37. The monoisotopic (exact) mass is 434 g/mol. The van der Waals surface area contributed by atoms with Gasteiger partial charge in [0.2, 0.25) is 11.8 Å². The Morgan fingerprint density at radius 1 is 1.23 bits per heavy atom. The minimum absolute atomic E-state index is 0.0403. The molecule has 1 aliphatic heterocycles. The molecule has 1 aromatic rings. The Labute approximate surface area is 170 Å². The summed E-state index contributed by atoms with van der Waals surface area (Å²) in [4.78, 5) is 29.3. The summed E-state index contributed by atoms with van der Waals surface area (Å²) in [5, 5.41) is 2.62. The molecular formula is C19H23F5N4O2. The molecule has 2 aliphatic rings. The van der Waals surface area contributed by atoms with Gasteiger partial charge in [-0.1, -0.05) is 0 Å². The second-order valence-corrected chi connectivity index (χ2v) is 7.93. The van der Waals surface area contributed by atoms with Crippen LogP contribution in [0.4, 0.5) is 27.8 Å². The van der Waals surface area contributed by atoms with Crippen LogP contribution >= 0.6 is 0 Å². The molecule has 0 unspecified atom stereocenters. The van der Waals surface area contributed by atoms with Crippen molar-refractivity contribution < 1.29 is 31.5 Å². The van der Waals surface area contributed by atoms with Crippen LogP contribution in [0.25, 0.3) is 0 Å². The van der Waals surface area contributed by atoms with Crippen LogP contribution in [0.3, 0.4) is 0 Å². The summed E-state index contributed by atoms with van der Waals surface area (Å²) in [6, 6.07) is -0.398. The van der Waals surface area contributed by atoms with Crippen molar-refractivity contribution in [2.45, 2.75) is 57.2 Å². The number of anilines is 1. The Morgan fingerprint density at radius 2 is 1.90 bits per heavy atom. The average Bonchev–Trinajstić information content (AvgIpc) is 2.76. The predicted octanol–water partition coefficient (Wildman–Crippen LogP) is 3.03. The van der Waals surface area contributed by atoms with Gasteiger partial charge in [-0.2, -0.15) is 13.2 Å². The second kappa shape index (κ2) is 7.99. The van der Waals surface area contributed by atoms with E-state index in [2.05, 4.69) is 10.3 Å². The van der Waals surface area contributed by atoms with Crippen molar-refractivity contribution in [3.63, 3.8) is 0 Å². The van der Waals surface area contributed by atoms with Gasteiger partial charge in [0.25, 0.3) is 5.91 Å². The molecular weight excluding hydrogens is 411 g/mol. The number of pyridine rings is 1. The van der Waals surface area contributed by atoms with Crippen LogP contribution < -0.4 is 16.0 Å². The molecule has 0 atom stereocenters. The molecule has 2 heterocycles. The minimum atomic E-state index is -4.72.